The third kappa shape index (κ3) is 2.93. The molecule has 3 heteroatoms. The van der Waals surface area contributed by atoms with Gasteiger partial charge in [-0.2, -0.15) is 0 Å². The third-order valence-electron chi connectivity index (χ3n) is 2.81. The lowest BCUT2D eigenvalue weighted by Crippen LogP contribution is -2.07. The molecule has 2 rings (SSSR count). The summed E-state index contributed by atoms with van der Waals surface area (Å²) in [5.41, 5.74) is 3.37. The van der Waals surface area contributed by atoms with Crippen molar-refractivity contribution in [2.45, 2.75) is 26.4 Å². The first-order valence-electron chi connectivity index (χ1n) is 5.92. The van der Waals surface area contributed by atoms with Gasteiger partial charge in [-0.15, -0.1) is 0 Å². The summed E-state index contributed by atoms with van der Waals surface area (Å²) in [4.78, 5) is 3.89. The van der Waals surface area contributed by atoms with Crippen molar-refractivity contribution >= 4 is 0 Å². The van der Waals surface area contributed by atoms with Crippen LogP contribution in [-0.4, -0.2) is 10.1 Å². The van der Waals surface area contributed by atoms with Crippen LogP contribution in [0.1, 0.15) is 28.5 Å². The highest BCUT2D eigenvalue weighted by Gasteiger charge is 2.14. The van der Waals surface area contributed by atoms with Gasteiger partial charge >= 0.3 is 0 Å². The van der Waals surface area contributed by atoms with E-state index in [9.17, 15) is 9.50 Å². The van der Waals surface area contributed by atoms with Crippen molar-refractivity contribution in [3.63, 3.8) is 0 Å². The van der Waals surface area contributed by atoms with Gasteiger partial charge in [0.1, 0.15) is 17.6 Å². The highest BCUT2D eigenvalue weighted by Crippen LogP contribution is 2.20. The summed E-state index contributed by atoms with van der Waals surface area (Å²) in [6, 6.07) is 8.89. The van der Waals surface area contributed by atoms with Crippen molar-refractivity contribution in [2.24, 2.45) is 0 Å². The van der Waals surface area contributed by atoms with Crippen LogP contribution in [0.4, 0.5) is 4.39 Å². The monoisotopic (exact) mass is 245 g/mol. The first kappa shape index (κ1) is 12.7. The molecule has 0 spiro atoms. The zero-order valence-corrected chi connectivity index (χ0v) is 10.5. The number of halogens is 1. The second-order valence-corrected chi connectivity index (χ2v) is 4.59. The van der Waals surface area contributed by atoms with Crippen molar-refractivity contribution in [1.29, 1.82) is 0 Å². The lowest BCUT2D eigenvalue weighted by molar-refractivity contribution is 0.168. The number of benzene rings is 1. The van der Waals surface area contributed by atoms with E-state index in [4.69, 9.17) is 0 Å². The van der Waals surface area contributed by atoms with E-state index in [2.05, 4.69) is 11.1 Å². The number of hydrogen-bond acceptors (Lipinski definition) is 2. The highest BCUT2D eigenvalue weighted by atomic mass is 19.1. The van der Waals surface area contributed by atoms with Crippen molar-refractivity contribution in [3.8, 4) is 0 Å². The Labute approximate surface area is 106 Å². The molecule has 0 fully saturated rings. The van der Waals surface area contributed by atoms with Gasteiger partial charge in [0.25, 0.3) is 0 Å². The molecule has 1 heterocycles. The number of pyridine rings is 1. The first-order valence-corrected chi connectivity index (χ1v) is 5.92. The van der Waals surface area contributed by atoms with E-state index in [-0.39, 0.29) is 5.69 Å². The summed E-state index contributed by atoms with van der Waals surface area (Å²) in [5, 5.41) is 10.0. The summed E-state index contributed by atoms with van der Waals surface area (Å²) in [7, 11) is 0. The van der Waals surface area contributed by atoms with E-state index >= 15 is 0 Å². The molecule has 1 aromatic carbocycles. The summed E-state index contributed by atoms with van der Waals surface area (Å²) < 4.78 is 13.5. The van der Waals surface area contributed by atoms with Crippen LogP contribution in [0.25, 0.3) is 0 Å². The molecule has 94 valence electrons. The smallest absolute Gasteiger partial charge is 0.147 e. The Morgan fingerprint density at radius 3 is 2.50 bits per heavy atom. The molecular formula is C15H16FNO. The molecular weight excluding hydrogens is 229 g/mol. The highest BCUT2D eigenvalue weighted by molar-refractivity contribution is 5.29. The number of aliphatic hydroxyl groups is 1. The zero-order chi connectivity index (χ0) is 13.1. The molecule has 0 bridgehead atoms. The van der Waals surface area contributed by atoms with Gasteiger partial charge < -0.3 is 5.11 Å². The van der Waals surface area contributed by atoms with E-state index in [1.165, 1.54) is 18.3 Å². The van der Waals surface area contributed by atoms with Crippen LogP contribution in [0, 0.1) is 19.7 Å². The summed E-state index contributed by atoms with van der Waals surface area (Å²) in [6.45, 7) is 4.01. The number of hydrogen-bond donors (Lipinski definition) is 1. The number of nitrogens with zero attached hydrogens (tertiary/aromatic N) is 1. The fourth-order valence-electron chi connectivity index (χ4n) is 2.15. The molecule has 0 amide bonds. The van der Waals surface area contributed by atoms with Gasteiger partial charge in [-0.05, 0) is 31.5 Å². The first-order chi connectivity index (χ1) is 8.56. The van der Waals surface area contributed by atoms with E-state index in [1.807, 2.05) is 26.0 Å². The minimum atomic E-state index is -0.910. The molecule has 0 aliphatic carbocycles. The molecule has 1 N–H and O–H groups in total. The minimum Gasteiger partial charge on any atom is -0.386 e. The molecule has 1 unspecified atom stereocenters. The summed E-state index contributed by atoms with van der Waals surface area (Å²) in [6.07, 6.45) is 0.951. The molecule has 0 radical (unpaired) electrons. The van der Waals surface area contributed by atoms with Gasteiger partial charge in [-0.3, -0.25) is 4.98 Å². The van der Waals surface area contributed by atoms with E-state index < -0.39 is 11.9 Å². The molecule has 2 aromatic rings. The van der Waals surface area contributed by atoms with E-state index in [0.717, 1.165) is 16.7 Å². The molecule has 0 saturated heterocycles. The fourth-order valence-corrected chi connectivity index (χ4v) is 2.15. The van der Waals surface area contributed by atoms with Crippen LogP contribution >= 0.6 is 0 Å². The number of rotatable bonds is 3. The topological polar surface area (TPSA) is 33.1 Å². The number of aromatic nitrogens is 1. The van der Waals surface area contributed by atoms with Crippen molar-refractivity contribution in [2.75, 3.05) is 0 Å². The Balaban J connectivity index is 2.21. The normalized spacial score (nSPS) is 12.4. The second-order valence-electron chi connectivity index (χ2n) is 4.59. The number of aryl methyl sites for hydroxylation is 2. The Morgan fingerprint density at radius 1 is 1.22 bits per heavy atom. The van der Waals surface area contributed by atoms with Crippen LogP contribution in [-0.2, 0) is 6.42 Å². The van der Waals surface area contributed by atoms with Crippen molar-refractivity contribution < 1.29 is 9.50 Å². The van der Waals surface area contributed by atoms with E-state index in [1.54, 1.807) is 0 Å². The maximum Gasteiger partial charge on any atom is 0.147 e. The minimum absolute atomic E-state index is 0.108. The van der Waals surface area contributed by atoms with Crippen LogP contribution in [0.2, 0.25) is 0 Å². The SMILES string of the molecule is Cc1cc(C)cc(CC(O)c2ncccc2F)c1. The molecule has 0 aliphatic rings. The average molecular weight is 245 g/mol. The molecule has 18 heavy (non-hydrogen) atoms. The van der Waals surface area contributed by atoms with Crippen LogP contribution in [0.5, 0.6) is 0 Å². The van der Waals surface area contributed by atoms with Crippen LogP contribution in [0.3, 0.4) is 0 Å². The van der Waals surface area contributed by atoms with Gasteiger partial charge in [-0.25, -0.2) is 4.39 Å². The Hall–Kier alpha value is -1.74. The maximum atomic E-state index is 13.5. The van der Waals surface area contributed by atoms with Gasteiger partial charge in [-0.1, -0.05) is 29.3 Å². The van der Waals surface area contributed by atoms with Crippen molar-refractivity contribution in [1.82, 2.24) is 4.98 Å². The Bertz CT molecular complexity index is 534. The molecule has 0 saturated carbocycles. The van der Waals surface area contributed by atoms with E-state index in [0.29, 0.717) is 6.42 Å². The molecule has 1 atom stereocenters. The summed E-state index contributed by atoms with van der Waals surface area (Å²) in [5.74, 6) is -0.464. The quantitative estimate of drug-likeness (QED) is 0.901. The molecule has 0 aliphatic heterocycles. The number of aliphatic hydroxyl groups excluding tert-OH is 1. The lowest BCUT2D eigenvalue weighted by Gasteiger charge is -2.12. The second kappa shape index (κ2) is 5.27. The Kier molecular flexibility index (Phi) is 3.72. The van der Waals surface area contributed by atoms with Gasteiger partial charge in [0.2, 0.25) is 0 Å². The summed E-state index contributed by atoms with van der Waals surface area (Å²) >= 11 is 0. The van der Waals surface area contributed by atoms with Gasteiger partial charge in [0, 0.05) is 12.6 Å². The zero-order valence-electron chi connectivity index (χ0n) is 10.5. The fraction of sp³-hybridized carbons (Fsp3) is 0.267. The van der Waals surface area contributed by atoms with Crippen LogP contribution in [0.15, 0.2) is 36.5 Å². The third-order valence-corrected chi connectivity index (χ3v) is 2.81. The predicted molar refractivity (Wildman–Crippen MR) is 68.8 cm³/mol. The largest absolute Gasteiger partial charge is 0.386 e. The Morgan fingerprint density at radius 2 is 1.89 bits per heavy atom. The predicted octanol–water partition coefficient (Wildman–Crippen LogP) is 3.11. The lowest BCUT2D eigenvalue weighted by atomic mass is 10.0. The maximum absolute atomic E-state index is 13.5. The molecule has 2 nitrogen and oxygen atoms in total. The standard InChI is InChI=1S/C15H16FNO/c1-10-6-11(2)8-12(7-10)9-14(18)15-13(16)4-3-5-17-15/h3-8,14,18H,9H2,1-2H3. The van der Waals surface area contributed by atoms with Gasteiger partial charge in [0.05, 0.1) is 0 Å². The van der Waals surface area contributed by atoms with Crippen molar-refractivity contribution in [3.05, 3.63) is 64.7 Å². The average Bonchev–Trinajstić information content (AvgIpc) is 2.27. The van der Waals surface area contributed by atoms with Crippen LogP contribution < -0.4 is 0 Å². The van der Waals surface area contributed by atoms with Gasteiger partial charge in [0.15, 0.2) is 0 Å². The molecule has 1 aromatic heterocycles.